The third kappa shape index (κ3) is 37.9. The van der Waals surface area contributed by atoms with Crippen molar-refractivity contribution in [1.82, 2.24) is 0 Å². The highest BCUT2D eigenvalue weighted by Gasteiger charge is 2.10. The van der Waals surface area contributed by atoms with Gasteiger partial charge in [0, 0.05) is 12.2 Å². The van der Waals surface area contributed by atoms with E-state index in [0.29, 0.717) is 12.5 Å². The van der Waals surface area contributed by atoms with Crippen molar-refractivity contribution in [3.8, 4) is 0 Å². The zero-order valence-electron chi connectivity index (χ0n) is 31.5. The molecule has 0 aliphatic carbocycles. The van der Waals surface area contributed by atoms with Gasteiger partial charge in [-0.15, -0.1) is 0 Å². The normalized spacial score (nSPS) is 11.3. The average molecular weight is 658 g/mol. The van der Waals surface area contributed by atoms with Crippen molar-refractivity contribution in [2.75, 3.05) is 13.2 Å². The number of hydrogen-bond acceptors (Lipinski definition) is 5. The minimum atomic E-state index is -0.305. The zero-order valence-corrected chi connectivity index (χ0v) is 31.5. The number of esters is 2. The standard InChI is InChI=1S/C15H28O2.C14H18O2.C13H29N/c1-3-5-6-7-8-9-10-11-12-13-14-17-15(16)4-2;1-11(2)12(3)16-14(15)10-9-13-7-5-4-6-8-13;1-2-3-4-5-6-7-8-9-10-11-12-13-14/h4H,2-3,5-14H2,1H3;4-12H,1-3H3;2-14H2,1H3/b;10-9-;. The third-order valence-electron chi connectivity index (χ3n) is 8.17. The highest BCUT2D eigenvalue weighted by molar-refractivity contribution is 5.87. The molecule has 0 radical (unpaired) electrons. The number of benzene rings is 1. The van der Waals surface area contributed by atoms with E-state index in [1.807, 2.05) is 51.1 Å². The molecule has 0 aliphatic rings. The van der Waals surface area contributed by atoms with Gasteiger partial charge >= 0.3 is 11.9 Å². The van der Waals surface area contributed by atoms with Crippen molar-refractivity contribution in [3.63, 3.8) is 0 Å². The largest absolute Gasteiger partial charge is 0.463 e. The van der Waals surface area contributed by atoms with Crippen molar-refractivity contribution < 1.29 is 19.1 Å². The Morgan fingerprint density at radius 2 is 1.09 bits per heavy atom. The van der Waals surface area contributed by atoms with Gasteiger partial charge in [-0.2, -0.15) is 0 Å². The van der Waals surface area contributed by atoms with Crippen LogP contribution in [0.5, 0.6) is 0 Å². The van der Waals surface area contributed by atoms with E-state index in [1.54, 1.807) is 6.08 Å². The molecule has 0 spiro atoms. The molecule has 0 saturated heterocycles. The van der Waals surface area contributed by atoms with Gasteiger partial charge in [-0.3, -0.25) is 0 Å². The number of carbonyl (C=O) groups is 2. The molecular formula is C42H75NO4. The van der Waals surface area contributed by atoms with E-state index in [9.17, 15) is 9.59 Å². The summed E-state index contributed by atoms with van der Waals surface area (Å²) >= 11 is 0. The number of ether oxygens (including phenoxy) is 2. The monoisotopic (exact) mass is 658 g/mol. The van der Waals surface area contributed by atoms with Crippen LogP contribution in [0, 0.1) is 5.92 Å². The second kappa shape index (κ2) is 38.1. The van der Waals surface area contributed by atoms with Crippen LogP contribution in [0.25, 0.3) is 6.08 Å². The quantitative estimate of drug-likeness (QED) is 0.0578. The maximum absolute atomic E-state index is 11.4. The second-order valence-corrected chi connectivity index (χ2v) is 13.0. The van der Waals surface area contributed by atoms with E-state index in [4.69, 9.17) is 15.2 Å². The van der Waals surface area contributed by atoms with Crippen molar-refractivity contribution in [2.45, 2.75) is 176 Å². The van der Waals surface area contributed by atoms with Crippen LogP contribution in [0.4, 0.5) is 0 Å². The molecule has 0 saturated carbocycles. The summed E-state index contributed by atoms with van der Waals surface area (Å²) in [5.74, 6) is -0.250. The lowest BCUT2D eigenvalue weighted by atomic mass is 10.1. The van der Waals surface area contributed by atoms with E-state index in [1.165, 1.54) is 141 Å². The lowest BCUT2D eigenvalue weighted by molar-refractivity contribution is -0.144. The van der Waals surface area contributed by atoms with Crippen LogP contribution in [0.15, 0.2) is 49.1 Å². The highest BCUT2D eigenvalue weighted by atomic mass is 16.5. The van der Waals surface area contributed by atoms with Crippen LogP contribution in [-0.4, -0.2) is 31.2 Å². The second-order valence-electron chi connectivity index (χ2n) is 13.0. The fraction of sp³-hybridized carbons (Fsp3) is 0.714. The van der Waals surface area contributed by atoms with E-state index in [-0.39, 0.29) is 18.0 Å². The molecule has 0 bridgehead atoms. The van der Waals surface area contributed by atoms with E-state index < -0.39 is 0 Å². The Balaban J connectivity index is 0. The van der Waals surface area contributed by atoms with Gasteiger partial charge in [0.1, 0.15) is 6.10 Å². The summed E-state index contributed by atoms with van der Waals surface area (Å²) in [6.45, 7) is 15.3. The molecule has 0 amide bonds. The predicted octanol–water partition coefficient (Wildman–Crippen LogP) is 12.2. The first-order valence-electron chi connectivity index (χ1n) is 19.2. The Kier molecular flexibility index (Phi) is 37.8. The Morgan fingerprint density at radius 3 is 1.49 bits per heavy atom. The molecule has 1 rings (SSSR count). The van der Waals surface area contributed by atoms with Gasteiger partial charge in [-0.1, -0.05) is 187 Å². The summed E-state index contributed by atoms with van der Waals surface area (Å²) in [6.07, 6.45) is 32.8. The lowest BCUT2D eigenvalue weighted by Crippen LogP contribution is -2.18. The fourth-order valence-electron chi connectivity index (χ4n) is 4.72. The van der Waals surface area contributed by atoms with Gasteiger partial charge in [0.2, 0.25) is 0 Å². The molecule has 47 heavy (non-hydrogen) atoms. The first-order chi connectivity index (χ1) is 22.8. The molecule has 5 nitrogen and oxygen atoms in total. The van der Waals surface area contributed by atoms with Crippen molar-refractivity contribution in [1.29, 1.82) is 0 Å². The molecule has 0 fully saturated rings. The van der Waals surface area contributed by atoms with Crippen LogP contribution >= 0.6 is 0 Å². The zero-order chi connectivity index (χ0) is 35.2. The molecule has 5 heteroatoms. The number of nitrogens with two attached hydrogens (primary N) is 1. The summed E-state index contributed by atoms with van der Waals surface area (Å²) in [5, 5.41) is 0. The van der Waals surface area contributed by atoms with E-state index in [0.717, 1.165) is 18.5 Å². The summed E-state index contributed by atoms with van der Waals surface area (Å²) in [5.41, 5.74) is 6.43. The molecular weight excluding hydrogens is 582 g/mol. The Morgan fingerprint density at radius 1 is 0.660 bits per heavy atom. The molecule has 1 aromatic rings. The topological polar surface area (TPSA) is 78.6 Å². The fourth-order valence-corrected chi connectivity index (χ4v) is 4.72. The first-order valence-corrected chi connectivity index (χ1v) is 19.2. The van der Waals surface area contributed by atoms with Crippen LogP contribution in [-0.2, 0) is 19.1 Å². The summed E-state index contributed by atoms with van der Waals surface area (Å²) in [4.78, 5) is 22.2. The lowest BCUT2D eigenvalue weighted by Gasteiger charge is -2.14. The van der Waals surface area contributed by atoms with Gasteiger partial charge in [-0.25, -0.2) is 9.59 Å². The Bertz CT molecular complexity index is 824. The molecule has 1 unspecified atom stereocenters. The van der Waals surface area contributed by atoms with Gasteiger partial charge in [-0.05, 0) is 43.9 Å². The van der Waals surface area contributed by atoms with Gasteiger partial charge in [0.15, 0.2) is 0 Å². The third-order valence-corrected chi connectivity index (χ3v) is 8.17. The Labute approximate surface area is 291 Å². The van der Waals surface area contributed by atoms with Crippen molar-refractivity contribution >= 4 is 18.0 Å². The van der Waals surface area contributed by atoms with Crippen molar-refractivity contribution in [2.24, 2.45) is 11.7 Å². The molecule has 0 aromatic heterocycles. The molecule has 272 valence electrons. The summed E-state index contributed by atoms with van der Waals surface area (Å²) < 4.78 is 10.1. The first kappa shape index (κ1) is 46.7. The number of carbonyl (C=O) groups excluding carboxylic acids is 2. The smallest absolute Gasteiger partial charge is 0.331 e. The maximum atomic E-state index is 11.4. The van der Waals surface area contributed by atoms with E-state index in [2.05, 4.69) is 20.4 Å². The number of unbranched alkanes of at least 4 members (excludes halogenated alkanes) is 19. The SMILES string of the molecule is C=CC(=O)OCCCCCCCCCCCC.CC(C)C(C)OC(=O)/C=C\c1ccccc1.CCCCCCCCCCCCCN. The average Bonchev–Trinajstić information content (AvgIpc) is 3.08. The summed E-state index contributed by atoms with van der Waals surface area (Å²) in [7, 11) is 0. The van der Waals surface area contributed by atoms with Crippen LogP contribution in [0.3, 0.4) is 0 Å². The van der Waals surface area contributed by atoms with E-state index >= 15 is 0 Å². The van der Waals surface area contributed by atoms with Crippen LogP contribution in [0.2, 0.25) is 0 Å². The van der Waals surface area contributed by atoms with Crippen LogP contribution < -0.4 is 5.73 Å². The predicted molar refractivity (Wildman–Crippen MR) is 204 cm³/mol. The summed E-state index contributed by atoms with van der Waals surface area (Å²) in [6, 6.07) is 9.69. The minimum absolute atomic E-state index is 0.0482. The molecule has 0 aliphatic heterocycles. The molecule has 2 N–H and O–H groups in total. The molecule has 1 atom stereocenters. The maximum Gasteiger partial charge on any atom is 0.331 e. The number of hydrogen-bond donors (Lipinski definition) is 1. The van der Waals surface area contributed by atoms with Gasteiger partial charge < -0.3 is 15.2 Å². The minimum Gasteiger partial charge on any atom is -0.463 e. The number of rotatable bonds is 27. The van der Waals surface area contributed by atoms with Gasteiger partial charge in [0.05, 0.1) is 6.61 Å². The van der Waals surface area contributed by atoms with Gasteiger partial charge in [0.25, 0.3) is 0 Å². The Hall–Kier alpha value is -2.40. The molecule has 1 aromatic carbocycles. The highest BCUT2D eigenvalue weighted by Crippen LogP contribution is 2.12. The molecule has 0 heterocycles. The van der Waals surface area contributed by atoms with Crippen molar-refractivity contribution in [3.05, 3.63) is 54.6 Å². The van der Waals surface area contributed by atoms with Crippen LogP contribution in [0.1, 0.15) is 175 Å².